The van der Waals surface area contributed by atoms with E-state index in [0.717, 1.165) is 37.7 Å². The maximum atomic E-state index is 13.9. The normalized spacial score (nSPS) is 27.8. The molecular weight excluding hydrogens is 394 g/mol. The van der Waals surface area contributed by atoms with E-state index in [-0.39, 0.29) is 11.8 Å². The number of hydrogen-bond acceptors (Lipinski definition) is 4. The van der Waals surface area contributed by atoms with Gasteiger partial charge < -0.3 is 14.7 Å². The van der Waals surface area contributed by atoms with Gasteiger partial charge in [-0.3, -0.25) is 9.59 Å². The molecule has 1 saturated heterocycles. The maximum absolute atomic E-state index is 13.9. The van der Waals surface area contributed by atoms with Gasteiger partial charge in [0.05, 0.1) is 12.0 Å². The summed E-state index contributed by atoms with van der Waals surface area (Å²) < 4.78 is 5.75. The Morgan fingerprint density at radius 2 is 1.65 bits per heavy atom. The number of aliphatic carboxylic acids is 1. The van der Waals surface area contributed by atoms with Crippen molar-refractivity contribution in [2.24, 2.45) is 17.3 Å². The van der Waals surface area contributed by atoms with Gasteiger partial charge in [0.2, 0.25) is 5.91 Å². The Bertz CT molecular complexity index is 848. The summed E-state index contributed by atoms with van der Waals surface area (Å²) in [5.74, 6) is -2.48. The zero-order chi connectivity index (χ0) is 22.4. The number of esters is 1. The van der Waals surface area contributed by atoms with E-state index in [1.165, 1.54) is 0 Å². The van der Waals surface area contributed by atoms with Crippen LogP contribution in [0.15, 0.2) is 30.3 Å². The third kappa shape index (κ3) is 3.97. The summed E-state index contributed by atoms with van der Waals surface area (Å²) in [5, 5.41) is 10.3. The van der Waals surface area contributed by atoms with E-state index in [2.05, 4.69) is 0 Å². The van der Waals surface area contributed by atoms with Crippen LogP contribution in [0.5, 0.6) is 0 Å². The van der Waals surface area contributed by atoms with Crippen molar-refractivity contribution in [2.45, 2.75) is 83.4 Å². The van der Waals surface area contributed by atoms with Crippen LogP contribution in [-0.4, -0.2) is 39.5 Å². The molecule has 31 heavy (non-hydrogen) atoms. The summed E-state index contributed by atoms with van der Waals surface area (Å²) >= 11 is 0. The van der Waals surface area contributed by atoms with Crippen LogP contribution in [0.1, 0.15) is 77.3 Å². The topological polar surface area (TPSA) is 83.9 Å². The molecule has 0 radical (unpaired) electrons. The molecule has 2 saturated carbocycles. The average Bonchev–Trinajstić information content (AvgIpc) is 3.42. The van der Waals surface area contributed by atoms with E-state index in [1.54, 1.807) is 25.7 Å². The van der Waals surface area contributed by atoms with Gasteiger partial charge in [0.15, 0.2) is 0 Å². The minimum atomic E-state index is -0.946. The van der Waals surface area contributed by atoms with Gasteiger partial charge in [0.1, 0.15) is 11.6 Å². The first-order valence-electron chi connectivity index (χ1n) is 11.5. The number of carboxylic acid groups (broad SMARTS) is 1. The Labute approximate surface area is 183 Å². The number of carboxylic acids is 1. The monoisotopic (exact) mass is 427 g/mol. The van der Waals surface area contributed by atoms with Crippen molar-refractivity contribution in [3.05, 3.63) is 35.9 Å². The Kier molecular flexibility index (Phi) is 5.61. The largest absolute Gasteiger partial charge is 0.481 e. The highest BCUT2D eigenvalue weighted by Gasteiger charge is 2.72. The standard InChI is InChI=1S/C25H33NO5/c1-24(2,3)31-23(30)20-25(14-15-25)18(22(28)29)19(16-10-6-4-7-11-16)26(20)21(27)17-12-8-5-9-13-17/h4,6-7,10-11,17-20H,5,8-9,12-15H2,1-3H3,(H,28,29). The Balaban J connectivity index is 1.81. The molecule has 1 aliphatic heterocycles. The highest BCUT2D eigenvalue weighted by atomic mass is 16.6. The highest BCUT2D eigenvalue weighted by Crippen LogP contribution is 2.66. The summed E-state index contributed by atoms with van der Waals surface area (Å²) in [7, 11) is 0. The minimum absolute atomic E-state index is 0.0839. The second-order valence-corrected chi connectivity index (χ2v) is 10.4. The lowest BCUT2D eigenvalue weighted by atomic mass is 9.81. The first-order valence-corrected chi connectivity index (χ1v) is 11.5. The molecule has 1 aromatic carbocycles. The predicted octanol–water partition coefficient (Wildman–Crippen LogP) is 4.34. The number of nitrogens with zero attached hydrogens (tertiary/aromatic N) is 1. The van der Waals surface area contributed by atoms with Crippen LogP contribution in [0.3, 0.4) is 0 Å². The molecule has 2 aliphatic carbocycles. The molecule has 0 aromatic heterocycles. The summed E-state index contributed by atoms with van der Waals surface area (Å²) in [6.45, 7) is 5.40. The summed E-state index contributed by atoms with van der Waals surface area (Å²) in [4.78, 5) is 41.5. The lowest BCUT2D eigenvalue weighted by Crippen LogP contribution is -2.49. The van der Waals surface area contributed by atoms with Crippen molar-refractivity contribution in [1.82, 2.24) is 4.90 Å². The number of amides is 1. The van der Waals surface area contributed by atoms with Gasteiger partial charge in [-0.25, -0.2) is 4.79 Å². The maximum Gasteiger partial charge on any atom is 0.330 e. The second kappa shape index (κ2) is 7.95. The molecule has 0 bridgehead atoms. The van der Waals surface area contributed by atoms with Gasteiger partial charge in [-0.05, 0) is 52.0 Å². The zero-order valence-electron chi connectivity index (χ0n) is 18.7. The van der Waals surface area contributed by atoms with Crippen molar-refractivity contribution in [3.8, 4) is 0 Å². The minimum Gasteiger partial charge on any atom is -0.481 e. The second-order valence-electron chi connectivity index (χ2n) is 10.4. The third-order valence-electron chi connectivity index (χ3n) is 7.13. The lowest BCUT2D eigenvalue weighted by molar-refractivity contribution is -0.167. The van der Waals surface area contributed by atoms with E-state index in [0.29, 0.717) is 12.8 Å². The van der Waals surface area contributed by atoms with E-state index in [4.69, 9.17) is 4.74 Å². The number of carbonyl (C=O) groups excluding carboxylic acids is 2. The van der Waals surface area contributed by atoms with Crippen molar-refractivity contribution in [3.63, 3.8) is 0 Å². The molecule has 1 heterocycles. The van der Waals surface area contributed by atoms with Gasteiger partial charge >= 0.3 is 11.9 Å². The lowest BCUT2D eigenvalue weighted by Gasteiger charge is -2.36. The number of carbonyl (C=O) groups is 3. The molecule has 1 amide bonds. The predicted molar refractivity (Wildman–Crippen MR) is 115 cm³/mol. The number of likely N-dealkylation sites (tertiary alicyclic amines) is 1. The summed E-state index contributed by atoms with van der Waals surface area (Å²) in [6.07, 6.45) is 5.92. The molecule has 6 nitrogen and oxygen atoms in total. The van der Waals surface area contributed by atoms with Crippen LogP contribution in [0, 0.1) is 17.3 Å². The number of benzene rings is 1. The molecule has 1 aromatic rings. The number of ether oxygens (including phenoxy) is 1. The molecule has 3 atom stereocenters. The molecule has 1 spiro atoms. The Hall–Kier alpha value is -2.37. The Morgan fingerprint density at radius 1 is 1.03 bits per heavy atom. The van der Waals surface area contributed by atoms with Gasteiger partial charge in [-0.15, -0.1) is 0 Å². The fourth-order valence-corrected chi connectivity index (χ4v) is 5.73. The van der Waals surface area contributed by atoms with E-state index in [1.807, 2.05) is 30.3 Å². The quantitative estimate of drug-likeness (QED) is 0.723. The SMILES string of the molecule is CC(C)(C)OC(=O)C1N(C(=O)C2CCCCC2)C(c2ccccc2)C(C(=O)O)C12CC2. The van der Waals surface area contributed by atoms with Crippen molar-refractivity contribution in [1.29, 1.82) is 0 Å². The fourth-order valence-electron chi connectivity index (χ4n) is 5.73. The van der Waals surface area contributed by atoms with E-state index >= 15 is 0 Å². The van der Waals surface area contributed by atoms with Gasteiger partial charge in [0.25, 0.3) is 0 Å². The van der Waals surface area contributed by atoms with E-state index in [9.17, 15) is 19.5 Å². The molecule has 3 aliphatic rings. The molecule has 168 valence electrons. The van der Waals surface area contributed by atoms with Crippen LogP contribution in [0.4, 0.5) is 0 Å². The van der Waals surface area contributed by atoms with Crippen LogP contribution < -0.4 is 0 Å². The number of rotatable bonds is 4. The zero-order valence-corrected chi connectivity index (χ0v) is 18.7. The third-order valence-corrected chi connectivity index (χ3v) is 7.13. The molecule has 6 heteroatoms. The fraction of sp³-hybridized carbons (Fsp3) is 0.640. The van der Waals surface area contributed by atoms with Crippen LogP contribution in [0.2, 0.25) is 0 Å². The average molecular weight is 428 g/mol. The van der Waals surface area contributed by atoms with Gasteiger partial charge in [-0.1, -0.05) is 49.6 Å². The molecule has 4 rings (SSSR count). The molecule has 1 N–H and O–H groups in total. The van der Waals surface area contributed by atoms with E-state index < -0.39 is 41.0 Å². The van der Waals surface area contributed by atoms with Crippen molar-refractivity contribution >= 4 is 17.8 Å². The molecular formula is C25H33NO5. The first kappa shape index (κ1) is 21.8. The number of hydrogen-bond donors (Lipinski definition) is 1. The van der Waals surface area contributed by atoms with Crippen molar-refractivity contribution < 1.29 is 24.2 Å². The smallest absolute Gasteiger partial charge is 0.330 e. The molecule has 3 unspecified atom stereocenters. The van der Waals surface area contributed by atoms with Gasteiger partial charge in [-0.2, -0.15) is 0 Å². The first-order chi connectivity index (χ1) is 14.7. The van der Waals surface area contributed by atoms with Crippen LogP contribution in [-0.2, 0) is 19.1 Å². The Morgan fingerprint density at radius 3 is 2.16 bits per heavy atom. The van der Waals surface area contributed by atoms with Gasteiger partial charge in [0, 0.05) is 11.3 Å². The summed E-state index contributed by atoms with van der Waals surface area (Å²) in [5.41, 5.74) is -0.689. The summed E-state index contributed by atoms with van der Waals surface area (Å²) in [6, 6.07) is 7.82. The van der Waals surface area contributed by atoms with Crippen molar-refractivity contribution in [2.75, 3.05) is 0 Å². The molecule has 3 fully saturated rings. The van der Waals surface area contributed by atoms with Crippen LogP contribution in [0.25, 0.3) is 0 Å². The highest BCUT2D eigenvalue weighted by molar-refractivity contribution is 5.91. The van der Waals surface area contributed by atoms with Crippen LogP contribution >= 0.6 is 0 Å².